The van der Waals surface area contributed by atoms with E-state index in [9.17, 15) is 4.79 Å². The SMILES string of the molecule is CCNC(=O)c1ccc(C)c(N2CCCC2)c1. The first-order valence-electron chi connectivity index (χ1n) is 6.36. The van der Waals surface area contributed by atoms with Crippen LogP contribution in [0.3, 0.4) is 0 Å². The lowest BCUT2D eigenvalue weighted by molar-refractivity contribution is 0.0956. The Morgan fingerprint density at radius 1 is 1.35 bits per heavy atom. The van der Waals surface area contributed by atoms with E-state index in [0.29, 0.717) is 6.54 Å². The normalized spacial score (nSPS) is 15.1. The molecule has 1 aliphatic rings. The Kier molecular flexibility index (Phi) is 3.67. The summed E-state index contributed by atoms with van der Waals surface area (Å²) in [6.45, 7) is 6.94. The molecule has 0 radical (unpaired) electrons. The second-order valence-electron chi connectivity index (χ2n) is 4.55. The molecule has 1 aliphatic heterocycles. The summed E-state index contributed by atoms with van der Waals surface area (Å²) >= 11 is 0. The molecule has 1 aromatic carbocycles. The minimum atomic E-state index is 0.0212. The van der Waals surface area contributed by atoms with Crippen LogP contribution in [-0.2, 0) is 0 Å². The lowest BCUT2D eigenvalue weighted by Gasteiger charge is -2.20. The van der Waals surface area contributed by atoms with Gasteiger partial charge in [-0.1, -0.05) is 6.07 Å². The van der Waals surface area contributed by atoms with Crippen molar-refractivity contribution in [3.8, 4) is 0 Å². The lowest BCUT2D eigenvalue weighted by Crippen LogP contribution is -2.24. The lowest BCUT2D eigenvalue weighted by atomic mass is 10.1. The number of carbonyl (C=O) groups excluding carboxylic acids is 1. The van der Waals surface area contributed by atoms with E-state index in [-0.39, 0.29) is 5.91 Å². The van der Waals surface area contributed by atoms with E-state index >= 15 is 0 Å². The monoisotopic (exact) mass is 232 g/mol. The van der Waals surface area contributed by atoms with Gasteiger partial charge in [0.25, 0.3) is 5.91 Å². The highest BCUT2D eigenvalue weighted by molar-refractivity contribution is 5.95. The van der Waals surface area contributed by atoms with Gasteiger partial charge < -0.3 is 10.2 Å². The van der Waals surface area contributed by atoms with Crippen molar-refractivity contribution in [3.63, 3.8) is 0 Å². The summed E-state index contributed by atoms with van der Waals surface area (Å²) in [7, 11) is 0. The third kappa shape index (κ3) is 2.60. The Balaban J connectivity index is 2.25. The van der Waals surface area contributed by atoms with Gasteiger partial charge in [-0.05, 0) is 44.4 Å². The summed E-state index contributed by atoms with van der Waals surface area (Å²) in [6, 6.07) is 5.96. The van der Waals surface area contributed by atoms with Crippen LogP contribution in [0.5, 0.6) is 0 Å². The van der Waals surface area contributed by atoms with Crippen molar-refractivity contribution >= 4 is 11.6 Å². The number of nitrogens with one attached hydrogen (secondary N) is 1. The Labute approximate surface area is 103 Å². The van der Waals surface area contributed by atoms with Gasteiger partial charge in [0.05, 0.1) is 0 Å². The van der Waals surface area contributed by atoms with Crippen LogP contribution < -0.4 is 10.2 Å². The average molecular weight is 232 g/mol. The molecule has 0 saturated carbocycles. The van der Waals surface area contributed by atoms with Gasteiger partial charge in [0, 0.05) is 30.9 Å². The molecule has 1 heterocycles. The summed E-state index contributed by atoms with van der Waals surface area (Å²) in [5.74, 6) is 0.0212. The number of aryl methyl sites for hydroxylation is 1. The number of anilines is 1. The molecule has 1 amide bonds. The molecular weight excluding hydrogens is 212 g/mol. The van der Waals surface area contributed by atoms with Crippen LogP contribution >= 0.6 is 0 Å². The molecule has 0 aromatic heterocycles. The zero-order valence-electron chi connectivity index (χ0n) is 10.6. The number of rotatable bonds is 3. The number of carbonyl (C=O) groups is 1. The number of hydrogen-bond acceptors (Lipinski definition) is 2. The van der Waals surface area contributed by atoms with Gasteiger partial charge in [0.2, 0.25) is 0 Å². The maximum atomic E-state index is 11.8. The van der Waals surface area contributed by atoms with Crippen molar-refractivity contribution in [2.24, 2.45) is 0 Å². The van der Waals surface area contributed by atoms with Gasteiger partial charge in [0.1, 0.15) is 0 Å². The summed E-state index contributed by atoms with van der Waals surface area (Å²) in [6.07, 6.45) is 2.51. The molecule has 0 aliphatic carbocycles. The fourth-order valence-corrected chi connectivity index (χ4v) is 2.31. The highest BCUT2D eigenvalue weighted by Crippen LogP contribution is 2.25. The number of hydrogen-bond donors (Lipinski definition) is 1. The summed E-state index contributed by atoms with van der Waals surface area (Å²) in [4.78, 5) is 14.2. The van der Waals surface area contributed by atoms with Crippen LogP contribution in [0.25, 0.3) is 0 Å². The second kappa shape index (κ2) is 5.21. The zero-order chi connectivity index (χ0) is 12.3. The largest absolute Gasteiger partial charge is 0.371 e. The first-order chi connectivity index (χ1) is 8.22. The molecule has 1 N–H and O–H groups in total. The molecule has 3 nitrogen and oxygen atoms in total. The molecule has 1 aromatic rings. The summed E-state index contributed by atoms with van der Waals surface area (Å²) in [5, 5.41) is 2.84. The zero-order valence-corrected chi connectivity index (χ0v) is 10.6. The molecule has 0 spiro atoms. The average Bonchev–Trinajstić information content (AvgIpc) is 2.83. The van der Waals surface area contributed by atoms with Crippen molar-refractivity contribution in [1.29, 1.82) is 0 Å². The molecule has 3 heteroatoms. The van der Waals surface area contributed by atoms with Crippen LogP contribution in [0.4, 0.5) is 5.69 Å². The van der Waals surface area contributed by atoms with E-state index < -0.39 is 0 Å². The van der Waals surface area contributed by atoms with E-state index in [1.807, 2.05) is 25.1 Å². The van der Waals surface area contributed by atoms with Gasteiger partial charge in [-0.2, -0.15) is 0 Å². The second-order valence-corrected chi connectivity index (χ2v) is 4.55. The predicted octanol–water partition coefficient (Wildman–Crippen LogP) is 2.34. The van der Waals surface area contributed by atoms with Gasteiger partial charge in [-0.15, -0.1) is 0 Å². The van der Waals surface area contributed by atoms with E-state index in [1.54, 1.807) is 0 Å². The van der Waals surface area contributed by atoms with E-state index in [1.165, 1.54) is 24.1 Å². The Bertz CT molecular complexity index is 409. The van der Waals surface area contributed by atoms with E-state index in [0.717, 1.165) is 18.7 Å². The van der Waals surface area contributed by atoms with Crippen molar-refractivity contribution in [3.05, 3.63) is 29.3 Å². The third-order valence-corrected chi connectivity index (χ3v) is 3.26. The minimum Gasteiger partial charge on any atom is -0.371 e. The maximum Gasteiger partial charge on any atom is 0.251 e. The predicted molar refractivity (Wildman–Crippen MR) is 70.6 cm³/mol. The molecule has 17 heavy (non-hydrogen) atoms. The van der Waals surface area contributed by atoms with Crippen molar-refractivity contribution in [2.45, 2.75) is 26.7 Å². The number of nitrogens with zero attached hydrogens (tertiary/aromatic N) is 1. The van der Waals surface area contributed by atoms with Crippen LogP contribution in [0.1, 0.15) is 35.7 Å². The molecule has 1 saturated heterocycles. The molecule has 0 unspecified atom stereocenters. The smallest absolute Gasteiger partial charge is 0.251 e. The number of amides is 1. The molecule has 2 rings (SSSR count). The molecule has 0 atom stereocenters. The Morgan fingerprint density at radius 2 is 2.06 bits per heavy atom. The van der Waals surface area contributed by atoms with Crippen molar-refractivity contribution in [2.75, 3.05) is 24.5 Å². The first-order valence-corrected chi connectivity index (χ1v) is 6.36. The fourth-order valence-electron chi connectivity index (χ4n) is 2.31. The molecular formula is C14H20N2O. The van der Waals surface area contributed by atoms with E-state index in [2.05, 4.69) is 17.1 Å². The Morgan fingerprint density at radius 3 is 2.71 bits per heavy atom. The highest BCUT2D eigenvalue weighted by Gasteiger charge is 2.16. The van der Waals surface area contributed by atoms with E-state index in [4.69, 9.17) is 0 Å². The standard InChI is InChI=1S/C14H20N2O/c1-3-15-14(17)12-7-6-11(2)13(10-12)16-8-4-5-9-16/h6-7,10H,3-5,8-9H2,1-2H3,(H,15,17). The fraction of sp³-hybridized carbons (Fsp3) is 0.500. The van der Waals surface area contributed by atoms with Gasteiger partial charge in [-0.3, -0.25) is 4.79 Å². The molecule has 1 fully saturated rings. The topological polar surface area (TPSA) is 32.3 Å². The summed E-state index contributed by atoms with van der Waals surface area (Å²) < 4.78 is 0. The quantitative estimate of drug-likeness (QED) is 0.867. The first kappa shape index (κ1) is 12.0. The molecule has 0 bridgehead atoms. The highest BCUT2D eigenvalue weighted by atomic mass is 16.1. The van der Waals surface area contributed by atoms with Gasteiger partial charge in [-0.25, -0.2) is 0 Å². The van der Waals surface area contributed by atoms with Gasteiger partial charge >= 0.3 is 0 Å². The summed E-state index contributed by atoms with van der Waals surface area (Å²) in [5.41, 5.74) is 3.23. The van der Waals surface area contributed by atoms with Crippen LogP contribution in [0.2, 0.25) is 0 Å². The maximum absolute atomic E-state index is 11.8. The van der Waals surface area contributed by atoms with Crippen LogP contribution in [-0.4, -0.2) is 25.5 Å². The van der Waals surface area contributed by atoms with Crippen LogP contribution in [0.15, 0.2) is 18.2 Å². The third-order valence-electron chi connectivity index (χ3n) is 3.26. The Hall–Kier alpha value is -1.51. The van der Waals surface area contributed by atoms with Crippen molar-refractivity contribution < 1.29 is 4.79 Å². The van der Waals surface area contributed by atoms with Gasteiger partial charge in [0.15, 0.2) is 0 Å². The minimum absolute atomic E-state index is 0.0212. The molecule has 92 valence electrons. The van der Waals surface area contributed by atoms with Crippen molar-refractivity contribution in [1.82, 2.24) is 5.32 Å². The number of benzene rings is 1. The van der Waals surface area contributed by atoms with Crippen LogP contribution in [0, 0.1) is 6.92 Å².